The zero-order valence-electron chi connectivity index (χ0n) is 11.2. The molecular formula is C14H18ClF2NO2. The Kier molecular flexibility index (Phi) is 7.30. The molecule has 1 unspecified atom stereocenters. The van der Waals surface area contributed by atoms with Gasteiger partial charge in [-0.3, -0.25) is 4.79 Å². The van der Waals surface area contributed by atoms with E-state index in [0.717, 1.165) is 12.8 Å². The van der Waals surface area contributed by atoms with Crippen molar-refractivity contribution >= 4 is 17.5 Å². The predicted molar refractivity (Wildman–Crippen MR) is 74.5 cm³/mol. The van der Waals surface area contributed by atoms with Crippen LogP contribution in [-0.2, 0) is 0 Å². The van der Waals surface area contributed by atoms with Crippen LogP contribution >= 0.6 is 11.6 Å². The van der Waals surface area contributed by atoms with Crippen LogP contribution in [0.15, 0.2) is 24.3 Å². The maximum absolute atomic E-state index is 12.1. The highest BCUT2D eigenvalue weighted by atomic mass is 35.5. The fraction of sp³-hybridized carbons (Fsp3) is 0.500. The molecule has 3 nitrogen and oxygen atoms in total. The van der Waals surface area contributed by atoms with Gasteiger partial charge >= 0.3 is 6.61 Å². The van der Waals surface area contributed by atoms with Gasteiger partial charge in [0.05, 0.1) is 0 Å². The molecule has 0 radical (unpaired) electrons. The fourth-order valence-corrected chi connectivity index (χ4v) is 2.07. The maximum atomic E-state index is 12.1. The van der Waals surface area contributed by atoms with Gasteiger partial charge in [-0.15, -0.1) is 11.6 Å². The van der Waals surface area contributed by atoms with Gasteiger partial charge in [-0.05, 0) is 30.5 Å². The zero-order valence-corrected chi connectivity index (χ0v) is 12.0. The second-order valence-electron chi connectivity index (χ2n) is 4.37. The van der Waals surface area contributed by atoms with Crippen LogP contribution < -0.4 is 10.1 Å². The lowest BCUT2D eigenvalue weighted by Crippen LogP contribution is -2.29. The summed E-state index contributed by atoms with van der Waals surface area (Å²) in [6, 6.07) is 5.73. The maximum Gasteiger partial charge on any atom is 0.387 e. The van der Waals surface area contributed by atoms with Crippen LogP contribution in [0.5, 0.6) is 5.75 Å². The molecule has 0 fully saturated rings. The zero-order chi connectivity index (χ0) is 15.0. The van der Waals surface area contributed by atoms with Crippen LogP contribution in [-0.4, -0.2) is 24.9 Å². The van der Waals surface area contributed by atoms with Gasteiger partial charge in [0.1, 0.15) is 5.75 Å². The third kappa shape index (κ3) is 5.74. The van der Waals surface area contributed by atoms with Gasteiger partial charge in [-0.25, -0.2) is 0 Å². The van der Waals surface area contributed by atoms with E-state index >= 15 is 0 Å². The fourth-order valence-electron chi connectivity index (χ4n) is 1.76. The number of ether oxygens (including phenoxy) is 1. The van der Waals surface area contributed by atoms with Gasteiger partial charge in [-0.1, -0.05) is 19.4 Å². The van der Waals surface area contributed by atoms with Gasteiger partial charge in [0.15, 0.2) is 0 Å². The minimum Gasteiger partial charge on any atom is -0.435 e. The molecular weight excluding hydrogens is 288 g/mol. The summed E-state index contributed by atoms with van der Waals surface area (Å²) in [6.07, 6.45) is 1.74. The average Bonchev–Trinajstić information content (AvgIpc) is 2.42. The first-order valence-corrected chi connectivity index (χ1v) is 6.99. The molecule has 0 aliphatic carbocycles. The number of hydrogen-bond donors (Lipinski definition) is 1. The molecule has 112 valence electrons. The number of benzene rings is 1. The van der Waals surface area contributed by atoms with Crippen molar-refractivity contribution in [3.05, 3.63) is 29.8 Å². The van der Waals surface area contributed by atoms with E-state index in [1.54, 1.807) is 6.07 Å². The molecule has 1 rings (SSSR count). The number of halogens is 3. The Bertz CT molecular complexity index is 429. The highest BCUT2D eigenvalue weighted by Gasteiger charge is 2.11. The monoisotopic (exact) mass is 305 g/mol. The first-order chi connectivity index (χ1) is 9.56. The Morgan fingerprint density at radius 3 is 2.80 bits per heavy atom. The second kappa shape index (κ2) is 8.74. The predicted octanol–water partition coefficient (Wildman–Crippen LogP) is 3.67. The van der Waals surface area contributed by atoms with Crippen molar-refractivity contribution in [1.29, 1.82) is 0 Å². The van der Waals surface area contributed by atoms with E-state index in [4.69, 9.17) is 11.6 Å². The summed E-state index contributed by atoms with van der Waals surface area (Å²) in [5, 5.41) is 2.77. The first-order valence-electron chi connectivity index (χ1n) is 6.45. The van der Waals surface area contributed by atoms with Crippen molar-refractivity contribution in [3.63, 3.8) is 0 Å². The Labute approximate surface area is 122 Å². The van der Waals surface area contributed by atoms with E-state index in [-0.39, 0.29) is 11.7 Å². The smallest absolute Gasteiger partial charge is 0.387 e. The number of carbonyl (C=O) groups is 1. The number of nitrogens with one attached hydrogen (secondary N) is 1. The molecule has 0 aliphatic rings. The summed E-state index contributed by atoms with van der Waals surface area (Å²) >= 11 is 5.68. The minimum absolute atomic E-state index is 0.0274. The normalized spacial score (nSPS) is 12.2. The third-order valence-electron chi connectivity index (χ3n) is 2.97. The number of rotatable bonds is 8. The van der Waals surface area contributed by atoms with Crippen molar-refractivity contribution in [2.24, 2.45) is 5.92 Å². The van der Waals surface area contributed by atoms with Gasteiger partial charge in [0.2, 0.25) is 0 Å². The topological polar surface area (TPSA) is 38.3 Å². The molecule has 0 saturated heterocycles. The molecule has 20 heavy (non-hydrogen) atoms. The first kappa shape index (κ1) is 16.7. The van der Waals surface area contributed by atoms with Crippen LogP contribution in [0, 0.1) is 5.92 Å². The molecule has 1 N–H and O–H groups in total. The van der Waals surface area contributed by atoms with Gasteiger partial charge in [0, 0.05) is 18.0 Å². The molecule has 0 spiro atoms. The van der Waals surface area contributed by atoms with E-state index < -0.39 is 6.61 Å². The molecule has 1 amide bonds. The Morgan fingerprint density at radius 2 is 2.20 bits per heavy atom. The van der Waals surface area contributed by atoms with E-state index in [2.05, 4.69) is 10.1 Å². The Balaban J connectivity index is 2.58. The molecule has 0 aliphatic heterocycles. The highest BCUT2D eigenvalue weighted by molar-refractivity contribution is 6.17. The van der Waals surface area contributed by atoms with Crippen molar-refractivity contribution in [1.82, 2.24) is 5.32 Å². The molecule has 0 saturated carbocycles. The minimum atomic E-state index is -2.90. The van der Waals surface area contributed by atoms with Crippen molar-refractivity contribution in [3.8, 4) is 5.75 Å². The number of amides is 1. The number of carbonyl (C=O) groups excluding carboxylic acids is 1. The SMILES string of the molecule is CCC(CCCl)CNC(=O)c1cccc(OC(F)F)c1. The Morgan fingerprint density at radius 1 is 1.45 bits per heavy atom. The average molecular weight is 306 g/mol. The van der Waals surface area contributed by atoms with E-state index in [1.165, 1.54) is 18.2 Å². The number of hydrogen-bond acceptors (Lipinski definition) is 2. The lowest BCUT2D eigenvalue weighted by Gasteiger charge is -2.14. The van der Waals surface area contributed by atoms with Crippen LogP contribution in [0.1, 0.15) is 30.1 Å². The van der Waals surface area contributed by atoms with Crippen molar-refractivity contribution in [2.45, 2.75) is 26.4 Å². The van der Waals surface area contributed by atoms with Crippen LogP contribution in [0.3, 0.4) is 0 Å². The molecule has 1 atom stereocenters. The van der Waals surface area contributed by atoms with Crippen LogP contribution in [0.4, 0.5) is 8.78 Å². The highest BCUT2D eigenvalue weighted by Crippen LogP contribution is 2.16. The van der Waals surface area contributed by atoms with Crippen LogP contribution in [0.25, 0.3) is 0 Å². The van der Waals surface area contributed by atoms with Crippen molar-refractivity contribution < 1.29 is 18.3 Å². The molecule has 0 aromatic heterocycles. The summed E-state index contributed by atoms with van der Waals surface area (Å²) in [5.74, 6) is 0.529. The third-order valence-corrected chi connectivity index (χ3v) is 3.19. The summed E-state index contributed by atoms with van der Waals surface area (Å²) in [5.41, 5.74) is 0.295. The summed E-state index contributed by atoms with van der Waals surface area (Å²) < 4.78 is 28.5. The second-order valence-corrected chi connectivity index (χ2v) is 4.75. The molecule has 1 aromatic carbocycles. The standard InChI is InChI=1S/C14H18ClF2NO2/c1-2-10(6-7-15)9-18-13(19)11-4-3-5-12(8-11)20-14(16)17/h3-5,8,10,14H,2,6-7,9H2,1H3,(H,18,19). The van der Waals surface area contributed by atoms with Crippen molar-refractivity contribution in [2.75, 3.05) is 12.4 Å². The van der Waals surface area contributed by atoms with E-state index in [0.29, 0.717) is 23.9 Å². The summed E-state index contributed by atoms with van der Waals surface area (Å²) in [7, 11) is 0. The molecule has 0 heterocycles. The summed E-state index contributed by atoms with van der Waals surface area (Å²) in [6.45, 7) is -0.357. The number of alkyl halides is 3. The van der Waals surface area contributed by atoms with Gasteiger partial charge in [-0.2, -0.15) is 8.78 Å². The largest absolute Gasteiger partial charge is 0.435 e. The van der Waals surface area contributed by atoms with Gasteiger partial charge in [0.25, 0.3) is 5.91 Å². The lowest BCUT2D eigenvalue weighted by molar-refractivity contribution is -0.0498. The summed E-state index contributed by atoms with van der Waals surface area (Å²) in [4.78, 5) is 11.9. The molecule has 6 heteroatoms. The molecule has 0 bridgehead atoms. The van der Waals surface area contributed by atoms with Gasteiger partial charge < -0.3 is 10.1 Å². The van der Waals surface area contributed by atoms with E-state index in [9.17, 15) is 13.6 Å². The Hall–Kier alpha value is -1.36. The lowest BCUT2D eigenvalue weighted by atomic mass is 10.0. The van der Waals surface area contributed by atoms with E-state index in [1.807, 2.05) is 6.92 Å². The molecule has 1 aromatic rings. The van der Waals surface area contributed by atoms with Crippen LogP contribution in [0.2, 0.25) is 0 Å². The quantitative estimate of drug-likeness (QED) is 0.744.